The van der Waals surface area contributed by atoms with E-state index in [0.717, 1.165) is 12.2 Å². The van der Waals surface area contributed by atoms with Crippen molar-refractivity contribution in [1.82, 2.24) is 0 Å². The Kier molecular flexibility index (Phi) is 4.21. The molecule has 0 amide bonds. The van der Waals surface area contributed by atoms with Gasteiger partial charge < -0.3 is 9.47 Å². The van der Waals surface area contributed by atoms with Crippen LogP contribution in [0.1, 0.15) is 24.8 Å². The average molecular weight is 244 g/mol. The maximum atomic E-state index is 5.31. The monoisotopic (exact) mass is 244 g/mol. The third kappa shape index (κ3) is 2.82. The Morgan fingerprint density at radius 1 is 1.17 bits per heavy atom. The number of rotatable bonds is 4. The predicted octanol–water partition coefficient (Wildman–Crippen LogP) is 3.70. The minimum Gasteiger partial charge on any atom is -0.497 e. The van der Waals surface area contributed by atoms with Crippen molar-refractivity contribution in [3.8, 4) is 5.75 Å². The lowest BCUT2D eigenvalue weighted by Crippen LogP contribution is -2.10. The van der Waals surface area contributed by atoms with Crippen LogP contribution in [0.5, 0.6) is 5.75 Å². The van der Waals surface area contributed by atoms with E-state index in [1.807, 2.05) is 12.1 Å². The number of benzene rings is 1. The number of ether oxygens (including phenoxy) is 2. The van der Waals surface area contributed by atoms with Crippen LogP contribution >= 0.6 is 0 Å². The normalized spacial score (nSPS) is 20.4. The molecule has 96 valence electrons. The topological polar surface area (TPSA) is 18.5 Å². The van der Waals surface area contributed by atoms with E-state index in [2.05, 4.69) is 37.3 Å². The minimum absolute atomic E-state index is 0.233. The SMILES string of the molecule is COc1ccc(C(C)C2=CCC(OC)C=C2)cc1. The van der Waals surface area contributed by atoms with Gasteiger partial charge in [0.05, 0.1) is 13.2 Å². The van der Waals surface area contributed by atoms with Gasteiger partial charge in [0.25, 0.3) is 0 Å². The molecule has 0 spiro atoms. The molecule has 2 atom stereocenters. The molecule has 0 N–H and O–H groups in total. The van der Waals surface area contributed by atoms with Crippen LogP contribution in [0, 0.1) is 0 Å². The molecule has 0 radical (unpaired) electrons. The van der Waals surface area contributed by atoms with Gasteiger partial charge >= 0.3 is 0 Å². The maximum absolute atomic E-state index is 5.31. The second-order valence-electron chi connectivity index (χ2n) is 4.57. The van der Waals surface area contributed by atoms with E-state index in [0.29, 0.717) is 5.92 Å². The molecule has 0 heterocycles. The van der Waals surface area contributed by atoms with Crippen molar-refractivity contribution in [2.24, 2.45) is 0 Å². The fraction of sp³-hybridized carbons (Fsp3) is 0.375. The van der Waals surface area contributed by atoms with Gasteiger partial charge in [-0.2, -0.15) is 0 Å². The first-order chi connectivity index (χ1) is 8.74. The van der Waals surface area contributed by atoms with Gasteiger partial charge in [0, 0.05) is 13.0 Å². The van der Waals surface area contributed by atoms with E-state index in [4.69, 9.17) is 9.47 Å². The molecule has 0 saturated carbocycles. The Morgan fingerprint density at radius 2 is 1.89 bits per heavy atom. The van der Waals surface area contributed by atoms with Crippen LogP contribution in [0.15, 0.2) is 48.1 Å². The molecule has 2 rings (SSSR count). The highest BCUT2D eigenvalue weighted by Crippen LogP contribution is 2.29. The van der Waals surface area contributed by atoms with Gasteiger partial charge in [-0.1, -0.05) is 37.3 Å². The third-order valence-electron chi connectivity index (χ3n) is 3.51. The van der Waals surface area contributed by atoms with Gasteiger partial charge in [0.1, 0.15) is 5.75 Å². The molecule has 0 aromatic heterocycles. The summed E-state index contributed by atoms with van der Waals surface area (Å²) in [6.07, 6.45) is 7.77. The Labute approximate surface area is 109 Å². The van der Waals surface area contributed by atoms with E-state index >= 15 is 0 Å². The fourth-order valence-corrected chi connectivity index (χ4v) is 2.20. The van der Waals surface area contributed by atoms with Crippen LogP contribution in [0.2, 0.25) is 0 Å². The predicted molar refractivity (Wildman–Crippen MR) is 74.0 cm³/mol. The zero-order valence-corrected chi connectivity index (χ0v) is 11.2. The van der Waals surface area contributed by atoms with E-state index in [-0.39, 0.29) is 6.10 Å². The van der Waals surface area contributed by atoms with Gasteiger partial charge in [-0.3, -0.25) is 0 Å². The average Bonchev–Trinajstić information content (AvgIpc) is 2.47. The van der Waals surface area contributed by atoms with Crippen molar-refractivity contribution in [2.45, 2.75) is 25.4 Å². The summed E-state index contributed by atoms with van der Waals surface area (Å²) >= 11 is 0. The molecule has 0 aliphatic heterocycles. The summed E-state index contributed by atoms with van der Waals surface area (Å²) < 4.78 is 10.5. The molecular weight excluding hydrogens is 224 g/mol. The van der Waals surface area contributed by atoms with Crippen molar-refractivity contribution in [1.29, 1.82) is 0 Å². The van der Waals surface area contributed by atoms with Gasteiger partial charge in [-0.05, 0) is 29.7 Å². The molecule has 2 nitrogen and oxygen atoms in total. The smallest absolute Gasteiger partial charge is 0.118 e. The first-order valence-corrected chi connectivity index (χ1v) is 6.29. The van der Waals surface area contributed by atoms with Crippen LogP contribution in [0.4, 0.5) is 0 Å². The number of methoxy groups -OCH3 is 2. The maximum Gasteiger partial charge on any atom is 0.118 e. The van der Waals surface area contributed by atoms with Crippen LogP contribution < -0.4 is 4.74 Å². The lowest BCUT2D eigenvalue weighted by atomic mass is 9.89. The van der Waals surface area contributed by atoms with Crippen LogP contribution in [0.25, 0.3) is 0 Å². The first-order valence-electron chi connectivity index (χ1n) is 6.29. The van der Waals surface area contributed by atoms with Crippen molar-refractivity contribution in [2.75, 3.05) is 14.2 Å². The highest BCUT2D eigenvalue weighted by molar-refractivity contribution is 5.38. The molecule has 1 aliphatic carbocycles. The second-order valence-corrected chi connectivity index (χ2v) is 4.57. The summed E-state index contributed by atoms with van der Waals surface area (Å²) in [5.41, 5.74) is 2.66. The van der Waals surface area contributed by atoms with Gasteiger partial charge in [0.15, 0.2) is 0 Å². The largest absolute Gasteiger partial charge is 0.497 e. The molecule has 2 unspecified atom stereocenters. The molecule has 0 saturated heterocycles. The summed E-state index contributed by atoms with van der Waals surface area (Å²) in [7, 11) is 3.44. The molecule has 2 heteroatoms. The summed E-state index contributed by atoms with van der Waals surface area (Å²) in [6, 6.07) is 8.27. The Morgan fingerprint density at radius 3 is 2.39 bits per heavy atom. The number of hydrogen-bond acceptors (Lipinski definition) is 2. The molecule has 18 heavy (non-hydrogen) atoms. The lowest BCUT2D eigenvalue weighted by molar-refractivity contribution is 0.142. The van der Waals surface area contributed by atoms with Crippen molar-refractivity contribution in [3.63, 3.8) is 0 Å². The molecular formula is C16H20O2. The van der Waals surface area contributed by atoms with Crippen molar-refractivity contribution >= 4 is 0 Å². The fourth-order valence-electron chi connectivity index (χ4n) is 2.20. The van der Waals surface area contributed by atoms with Crippen LogP contribution in [-0.2, 0) is 4.74 Å². The summed E-state index contributed by atoms with van der Waals surface area (Å²) in [5, 5.41) is 0. The molecule has 1 aromatic rings. The Balaban J connectivity index is 2.09. The Bertz CT molecular complexity index is 443. The summed E-state index contributed by atoms with van der Waals surface area (Å²) in [6.45, 7) is 2.23. The minimum atomic E-state index is 0.233. The highest BCUT2D eigenvalue weighted by Gasteiger charge is 2.14. The van der Waals surface area contributed by atoms with Gasteiger partial charge in [0.2, 0.25) is 0 Å². The number of allylic oxidation sites excluding steroid dienone is 2. The van der Waals surface area contributed by atoms with E-state index in [9.17, 15) is 0 Å². The van der Waals surface area contributed by atoms with Crippen LogP contribution in [0.3, 0.4) is 0 Å². The highest BCUT2D eigenvalue weighted by atomic mass is 16.5. The lowest BCUT2D eigenvalue weighted by Gasteiger charge is -2.19. The van der Waals surface area contributed by atoms with E-state index in [1.165, 1.54) is 11.1 Å². The van der Waals surface area contributed by atoms with Gasteiger partial charge in [-0.15, -0.1) is 0 Å². The third-order valence-corrected chi connectivity index (χ3v) is 3.51. The zero-order valence-electron chi connectivity index (χ0n) is 11.2. The summed E-state index contributed by atoms with van der Waals surface area (Å²) in [5.74, 6) is 1.31. The zero-order chi connectivity index (χ0) is 13.0. The molecule has 1 aromatic carbocycles. The standard InChI is InChI=1S/C16H20O2/c1-12(13-4-8-15(17-2)9-5-13)14-6-10-16(18-3)11-7-14/h4-10,12,16H,11H2,1-3H3. The van der Waals surface area contributed by atoms with Crippen LogP contribution in [-0.4, -0.2) is 20.3 Å². The van der Waals surface area contributed by atoms with Crippen molar-refractivity contribution < 1.29 is 9.47 Å². The number of hydrogen-bond donors (Lipinski definition) is 0. The Hall–Kier alpha value is -1.54. The van der Waals surface area contributed by atoms with E-state index in [1.54, 1.807) is 14.2 Å². The van der Waals surface area contributed by atoms with Gasteiger partial charge in [-0.25, -0.2) is 0 Å². The first kappa shape index (κ1) is 12.9. The molecule has 0 bridgehead atoms. The second kappa shape index (κ2) is 5.87. The van der Waals surface area contributed by atoms with Crippen molar-refractivity contribution in [3.05, 3.63) is 53.6 Å². The van der Waals surface area contributed by atoms with E-state index < -0.39 is 0 Å². The quantitative estimate of drug-likeness (QED) is 0.804. The molecule has 1 aliphatic rings. The summed E-state index contributed by atoms with van der Waals surface area (Å²) in [4.78, 5) is 0. The molecule has 0 fully saturated rings.